The average molecular weight is 435 g/mol. The second-order valence-corrected chi connectivity index (χ2v) is 11.7. The lowest BCUT2D eigenvalue weighted by Gasteiger charge is -2.53. The van der Waals surface area contributed by atoms with Crippen LogP contribution in [0.4, 0.5) is 0 Å². The molecule has 0 unspecified atom stereocenters. The van der Waals surface area contributed by atoms with Crippen LogP contribution in [0, 0.1) is 46.3 Å². The summed E-state index contributed by atoms with van der Waals surface area (Å²) in [4.78, 5) is 11.4. The molecule has 7 atom stereocenters. The van der Waals surface area contributed by atoms with E-state index in [9.17, 15) is 4.79 Å². The molecule has 0 saturated heterocycles. The fraction of sp³-hybridized carbons (Fsp3) is 0.633. The van der Waals surface area contributed by atoms with Gasteiger partial charge in [0.25, 0.3) is 0 Å². The monoisotopic (exact) mass is 434 g/mol. The van der Waals surface area contributed by atoms with Crippen LogP contribution in [0.1, 0.15) is 74.1 Å². The van der Waals surface area contributed by atoms with E-state index in [-0.39, 0.29) is 11.4 Å². The van der Waals surface area contributed by atoms with Gasteiger partial charge in [-0.3, -0.25) is 4.79 Å². The van der Waals surface area contributed by atoms with Crippen LogP contribution in [0.25, 0.3) is 0 Å². The van der Waals surface area contributed by atoms with Crippen LogP contribution in [0.15, 0.2) is 59.4 Å². The topological polar surface area (TPSA) is 26.3 Å². The Hall–Kier alpha value is -1.83. The molecule has 4 rings (SSSR count). The van der Waals surface area contributed by atoms with Gasteiger partial charge >= 0.3 is 5.97 Å². The summed E-state index contributed by atoms with van der Waals surface area (Å²) in [5.41, 5.74) is 3.35. The molecule has 0 radical (unpaired) electrons. The van der Waals surface area contributed by atoms with E-state index in [0.29, 0.717) is 40.8 Å². The van der Waals surface area contributed by atoms with Gasteiger partial charge in [-0.25, -0.2) is 0 Å². The lowest BCUT2D eigenvalue weighted by Crippen LogP contribution is -2.44. The Morgan fingerprint density at radius 2 is 1.81 bits per heavy atom. The molecule has 4 aliphatic carbocycles. The first-order valence-corrected chi connectivity index (χ1v) is 12.8. The molecule has 174 valence electrons. The Balaban J connectivity index is 1.58. The molecule has 0 bridgehead atoms. The first-order valence-electron chi connectivity index (χ1n) is 12.8. The molecule has 2 nitrogen and oxygen atoms in total. The van der Waals surface area contributed by atoms with Crippen molar-refractivity contribution in [2.24, 2.45) is 46.3 Å². The largest absolute Gasteiger partial charge is 0.427 e. The molecule has 0 heterocycles. The van der Waals surface area contributed by atoms with Gasteiger partial charge in [-0.2, -0.15) is 0 Å². The molecule has 4 aliphatic rings. The smallest absolute Gasteiger partial charge is 0.308 e. The third-order valence-corrected chi connectivity index (χ3v) is 9.54. The van der Waals surface area contributed by atoms with E-state index >= 15 is 0 Å². The van der Waals surface area contributed by atoms with Crippen molar-refractivity contribution in [1.29, 1.82) is 0 Å². The molecule has 2 saturated carbocycles. The van der Waals surface area contributed by atoms with Gasteiger partial charge in [-0.15, -0.1) is 0 Å². The number of hydrogen-bond donors (Lipinski definition) is 0. The van der Waals surface area contributed by atoms with Crippen LogP contribution in [0.5, 0.6) is 0 Å². The van der Waals surface area contributed by atoms with Crippen molar-refractivity contribution in [3.8, 4) is 0 Å². The van der Waals surface area contributed by atoms with Gasteiger partial charge in [0.2, 0.25) is 0 Å². The van der Waals surface area contributed by atoms with Gasteiger partial charge in [0, 0.05) is 12.3 Å². The normalized spacial score (nSPS) is 37.8. The summed E-state index contributed by atoms with van der Waals surface area (Å²) in [6.07, 6.45) is 21.3. The van der Waals surface area contributed by atoms with Crippen LogP contribution >= 0.6 is 0 Å². The number of allylic oxidation sites excluding steroid dienone is 9. The van der Waals surface area contributed by atoms with Gasteiger partial charge in [-0.05, 0) is 84.3 Å². The summed E-state index contributed by atoms with van der Waals surface area (Å²) in [7, 11) is 0. The first kappa shape index (κ1) is 23.3. The molecule has 0 amide bonds. The van der Waals surface area contributed by atoms with E-state index in [1.807, 2.05) is 6.08 Å². The minimum absolute atomic E-state index is 0.00532. The molecule has 32 heavy (non-hydrogen) atoms. The summed E-state index contributed by atoms with van der Waals surface area (Å²) >= 11 is 0. The lowest BCUT2D eigenvalue weighted by molar-refractivity contribution is -0.136. The minimum atomic E-state index is -0.256. The Bertz CT molecular complexity index is 913. The van der Waals surface area contributed by atoms with E-state index < -0.39 is 0 Å². The summed E-state index contributed by atoms with van der Waals surface area (Å²) in [6, 6.07) is 0. The Kier molecular flexibility index (Phi) is 6.20. The molecular formula is C30H42O2. The molecule has 0 aromatic carbocycles. The van der Waals surface area contributed by atoms with Crippen LogP contribution in [-0.4, -0.2) is 5.97 Å². The molecule has 0 spiro atoms. The van der Waals surface area contributed by atoms with Gasteiger partial charge in [-0.1, -0.05) is 77.5 Å². The fourth-order valence-electron chi connectivity index (χ4n) is 7.15. The van der Waals surface area contributed by atoms with E-state index in [1.54, 1.807) is 5.57 Å². The Labute approximate surface area is 195 Å². The number of ether oxygens (including phenoxy) is 1. The standard InChI is InChI=1S/C30H42O2/c1-19(2)20(3)8-9-21(4)26-12-13-27-25-11-10-23-18-24(32-22(5)31)14-16-29(23,6)28(25)15-17-30(26,27)7/h8-11,14,16,18-21,26-28H,12-13,15,17H2,1-7H3/t20-,21+,26+,27-,28-,29-,30+/m0/s1. The van der Waals surface area contributed by atoms with Crippen LogP contribution in [-0.2, 0) is 9.53 Å². The van der Waals surface area contributed by atoms with Crippen molar-refractivity contribution < 1.29 is 9.53 Å². The predicted octanol–water partition coefficient (Wildman–Crippen LogP) is 7.80. The van der Waals surface area contributed by atoms with Crippen LogP contribution in [0.3, 0.4) is 0 Å². The van der Waals surface area contributed by atoms with E-state index in [2.05, 4.69) is 78.0 Å². The summed E-state index contributed by atoms with van der Waals surface area (Å²) in [6.45, 7) is 15.9. The molecule has 0 aromatic rings. The number of fused-ring (bicyclic) bond motifs is 5. The van der Waals surface area contributed by atoms with E-state index in [4.69, 9.17) is 4.74 Å². The van der Waals surface area contributed by atoms with Gasteiger partial charge in [0.15, 0.2) is 0 Å². The zero-order valence-corrected chi connectivity index (χ0v) is 21.2. The minimum Gasteiger partial charge on any atom is -0.427 e. The maximum Gasteiger partial charge on any atom is 0.308 e. The highest BCUT2D eigenvalue weighted by Crippen LogP contribution is 2.65. The summed E-state index contributed by atoms with van der Waals surface area (Å²) in [5.74, 6) is 4.39. The quantitative estimate of drug-likeness (QED) is 0.326. The van der Waals surface area contributed by atoms with Crippen molar-refractivity contribution in [3.63, 3.8) is 0 Å². The predicted molar refractivity (Wildman–Crippen MR) is 133 cm³/mol. The molecule has 0 aliphatic heterocycles. The van der Waals surface area contributed by atoms with Gasteiger partial charge in [0.05, 0.1) is 0 Å². The van der Waals surface area contributed by atoms with Crippen molar-refractivity contribution in [1.82, 2.24) is 0 Å². The number of carbonyl (C=O) groups excluding carboxylic acids is 1. The summed E-state index contributed by atoms with van der Waals surface area (Å²) in [5, 5.41) is 0. The number of hydrogen-bond acceptors (Lipinski definition) is 2. The van der Waals surface area contributed by atoms with Gasteiger partial charge in [0.1, 0.15) is 5.76 Å². The third-order valence-electron chi connectivity index (χ3n) is 9.54. The highest BCUT2D eigenvalue weighted by molar-refractivity contribution is 5.68. The maximum absolute atomic E-state index is 11.4. The Morgan fingerprint density at radius 1 is 1.06 bits per heavy atom. The third kappa shape index (κ3) is 3.88. The molecule has 0 N–H and O–H groups in total. The van der Waals surface area contributed by atoms with Gasteiger partial charge < -0.3 is 4.74 Å². The maximum atomic E-state index is 11.4. The van der Waals surface area contributed by atoms with Crippen molar-refractivity contribution in [3.05, 3.63) is 59.4 Å². The van der Waals surface area contributed by atoms with Crippen molar-refractivity contribution >= 4 is 5.97 Å². The molecule has 2 fully saturated rings. The highest BCUT2D eigenvalue weighted by Gasteiger charge is 2.56. The number of carbonyl (C=O) groups is 1. The molecular weight excluding hydrogens is 392 g/mol. The SMILES string of the molecule is CC(=O)OC1=CC2=CC=C3[C@@H]4CC[C@H]([C@H](C)C=C[C@H](C)C(C)C)[C@@]4(C)CC[C@@H]3[C@@]2(C)C=C1. The first-order chi connectivity index (χ1) is 15.1. The highest BCUT2D eigenvalue weighted by atomic mass is 16.5. The number of rotatable bonds is 5. The van der Waals surface area contributed by atoms with E-state index in [0.717, 1.165) is 5.92 Å². The zero-order valence-electron chi connectivity index (χ0n) is 21.2. The number of esters is 1. The zero-order chi connectivity index (χ0) is 23.3. The second kappa shape index (κ2) is 8.50. The van der Waals surface area contributed by atoms with Crippen molar-refractivity contribution in [2.45, 2.75) is 74.1 Å². The Morgan fingerprint density at radius 3 is 2.50 bits per heavy atom. The molecule has 0 aromatic heterocycles. The van der Waals surface area contributed by atoms with E-state index in [1.165, 1.54) is 38.2 Å². The van der Waals surface area contributed by atoms with Crippen LogP contribution in [0.2, 0.25) is 0 Å². The lowest BCUT2D eigenvalue weighted by atomic mass is 9.51. The average Bonchev–Trinajstić information content (AvgIpc) is 3.08. The second-order valence-electron chi connectivity index (χ2n) is 11.7. The van der Waals surface area contributed by atoms with Crippen LogP contribution < -0.4 is 0 Å². The fourth-order valence-corrected chi connectivity index (χ4v) is 7.15. The molecule has 2 heteroatoms. The van der Waals surface area contributed by atoms with Crippen molar-refractivity contribution in [2.75, 3.05) is 0 Å². The summed E-state index contributed by atoms with van der Waals surface area (Å²) < 4.78 is 5.37.